The molecule has 1 rings (SSSR count). The molecule has 1 saturated heterocycles. The maximum absolute atomic E-state index is 12.4. The van der Waals surface area contributed by atoms with E-state index < -0.39 is 24.0 Å². The van der Waals surface area contributed by atoms with Crippen LogP contribution >= 0.6 is 0 Å². The number of carbonyl (C=O) groups is 1. The van der Waals surface area contributed by atoms with Crippen molar-refractivity contribution in [3.63, 3.8) is 0 Å². The second-order valence-corrected chi connectivity index (χ2v) is 3.24. The van der Waals surface area contributed by atoms with Crippen LogP contribution in [0, 0.1) is 0 Å². The molecular formula is C7H9F5N2O. The van der Waals surface area contributed by atoms with Crippen LogP contribution in [0.4, 0.5) is 22.0 Å². The van der Waals surface area contributed by atoms with Crippen LogP contribution < -0.4 is 10.6 Å². The van der Waals surface area contributed by atoms with Gasteiger partial charge in [0.15, 0.2) is 0 Å². The monoisotopic (exact) mass is 232 g/mol. The summed E-state index contributed by atoms with van der Waals surface area (Å²) >= 11 is 0. The van der Waals surface area contributed by atoms with Gasteiger partial charge in [-0.2, -0.15) is 22.0 Å². The van der Waals surface area contributed by atoms with Gasteiger partial charge in [0.2, 0.25) is 0 Å². The zero-order valence-electron chi connectivity index (χ0n) is 7.50. The third-order valence-corrected chi connectivity index (χ3v) is 2.04. The first-order valence-electron chi connectivity index (χ1n) is 4.21. The smallest absolute Gasteiger partial charge is 0.346 e. The number of nitrogens with one attached hydrogen (secondary N) is 2. The van der Waals surface area contributed by atoms with Gasteiger partial charge < -0.3 is 10.6 Å². The summed E-state index contributed by atoms with van der Waals surface area (Å²) in [7, 11) is 0. The Labute approximate surface area is 82.0 Å². The molecule has 0 aromatic carbocycles. The van der Waals surface area contributed by atoms with Crippen LogP contribution in [0.1, 0.15) is 6.42 Å². The first kappa shape index (κ1) is 12.2. The lowest BCUT2D eigenvalue weighted by Gasteiger charge is -2.20. The van der Waals surface area contributed by atoms with E-state index in [2.05, 4.69) is 5.32 Å². The molecule has 0 aliphatic carbocycles. The quantitative estimate of drug-likeness (QED) is 0.687. The van der Waals surface area contributed by atoms with Crippen molar-refractivity contribution in [2.75, 3.05) is 13.1 Å². The van der Waals surface area contributed by atoms with Crippen LogP contribution in [0.15, 0.2) is 0 Å². The zero-order chi connectivity index (χ0) is 11.7. The molecule has 88 valence electrons. The fourth-order valence-corrected chi connectivity index (χ4v) is 1.18. The lowest BCUT2D eigenvalue weighted by molar-refractivity contribution is -0.270. The van der Waals surface area contributed by atoms with Crippen LogP contribution in [-0.4, -0.2) is 37.1 Å². The third kappa shape index (κ3) is 2.55. The van der Waals surface area contributed by atoms with Crippen LogP contribution in [0.5, 0.6) is 0 Å². The molecule has 0 spiro atoms. The normalized spacial score (nSPS) is 22.9. The van der Waals surface area contributed by atoms with E-state index in [9.17, 15) is 26.7 Å². The zero-order valence-corrected chi connectivity index (χ0v) is 7.50. The highest BCUT2D eigenvalue weighted by Crippen LogP contribution is 2.35. The molecule has 1 unspecified atom stereocenters. The van der Waals surface area contributed by atoms with Gasteiger partial charge in [-0.25, -0.2) is 0 Å². The van der Waals surface area contributed by atoms with E-state index in [1.807, 2.05) is 0 Å². The highest BCUT2D eigenvalue weighted by molar-refractivity contribution is 5.84. The molecule has 0 aromatic heterocycles. The van der Waals surface area contributed by atoms with Crippen LogP contribution in [0.3, 0.4) is 0 Å². The Morgan fingerprint density at radius 2 is 1.87 bits per heavy atom. The summed E-state index contributed by atoms with van der Waals surface area (Å²) in [5.74, 6) is -7.61. The number of hydrogen-bond donors (Lipinski definition) is 2. The Morgan fingerprint density at radius 1 is 1.27 bits per heavy atom. The highest BCUT2D eigenvalue weighted by atomic mass is 19.4. The summed E-state index contributed by atoms with van der Waals surface area (Å²) in [6, 6.07) is -0.661. The summed E-state index contributed by atoms with van der Waals surface area (Å²) in [5.41, 5.74) is 0. The maximum Gasteiger partial charge on any atom is 0.463 e. The summed E-state index contributed by atoms with van der Waals surface area (Å²) in [6.45, 7) is 0.697. The summed E-state index contributed by atoms with van der Waals surface area (Å²) in [4.78, 5) is 10.7. The summed E-state index contributed by atoms with van der Waals surface area (Å²) in [6.07, 6.45) is -5.50. The molecule has 1 amide bonds. The van der Waals surface area contributed by atoms with Crippen molar-refractivity contribution >= 4 is 5.91 Å². The largest absolute Gasteiger partial charge is 0.463 e. The fraction of sp³-hybridized carbons (Fsp3) is 0.857. The minimum atomic E-state index is -5.84. The van der Waals surface area contributed by atoms with E-state index in [1.165, 1.54) is 0 Å². The lowest BCUT2D eigenvalue weighted by atomic mass is 10.2. The molecule has 0 saturated carbocycles. The van der Waals surface area contributed by atoms with Crippen molar-refractivity contribution < 1.29 is 26.7 Å². The van der Waals surface area contributed by atoms with E-state index >= 15 is 0 Å². The first-order chi connectivity index (χ1) is 6.75. The predicted octanol–water partition coefficient (Wildman–Crippen LogP) is 0.662. The average molecular weight is 232 g/mol. The van der Waals surface area contributed by atoms with Gasteiger partial charge in [-0.15, -0.1) is 0 Å². The average Bonchev–Trinajstić information content (AvgIpc) is 2.54. The van der Waals surface area contributed by atoms with Gasteiger partial charge in [-0.1, -0.05) is 0 Å². The number of hydrogen-bond acceptors (Lipinski definition) is 2. The van der Waals surface area contributed by atoms with E-state index in [0.717, 1.165) is 0 Å². The van der Waals surface area contributed by atoms with E-state index in [4.69, 9.17) is 0 Å². The standard InChI is InChI=1S/C7H9F5N2O/c8-6(9,7(10,11)12)5(15)14-4-1-2-13-3-4/h4,13H,1-3H2,(H,14,15). The molecule has 8 heteroatoms. The van der Waals surface area contributed by atoms with E-state index in [-0.39, 0.29) is 6.54 Å². The minimum Gasteiger partial charge on any atom is -0.346 e. The van der Waals surface area contributed by atoms with Crippen molar-refractivity contribution in [3.8, 4) is 0 Å². The topological polar surface area (TPSA) is 41.1 Å². The molecule has 1 atom stereocenters. The lowest BCUT2D eigenvalue weighted by Crippen LogP contribution is -2.53. The Kier molecular flexibility index (Phi) is 3.17. The molecular weight excluding hydrogens is 223 g/mol. The molecule has 0 bridgehead atoms. The van der Waals surface area contributed by atoms with E-state index in [0.29, 0.717) is 13.0 Å². The molecule has 1 aliphatic rings. The molecule has 3 nitrogen and oxygen atoms in total. The maximum atomic E-state index is 12.4. The van der Waals surface area contributed by atoms with Crippen LogP contribution in [0.2, 0.25) is 0 Å². The van der Waals surface area contributed by atoms with Gasteiger partial charge in [0.25, 0.3) is 0 Å². The summed E-state index contributed by atoms with van der Waals surface area (Å²) < 4.78 is 60.0. The Bertz CT molecular complexity index is 246. The summed E-state index contributed by atoms with van der Waals surface area (Å²) in [5, 5.41) is 4.38. The van der Waals surface area contributed by atoms with E-state index in [1.54, 1.807) is 5.32 Å². The van der Waals surface area contributed by atoms with Crippen molar-refractivity contribution in [1.82, 2.24) is 10.6 Å². The number of amides is 1. The van der Waals surface area contributed by atoms with Gasteiger partial charge in [-0.05, 0) is 13.0 Å². The Balaban J connectivity index is 2.59. The van der Waals surface area contributed by atoms with Gasteiger partial charge in [-0.3, -0.25) is 4.79 Å². The van der Waals surface area contributed by atoms with Crippen molar-refractivity contribution in [3.05, 3.63) is 0 Å². The Morgan fingerprint density at radius 3 is 2.27 bits per heavy atom. The molecule has 15 heavy (non-hydrogen) atoms. The van der Waals surface area contributed by atoms with Crippen molar-refractivity contribution in [2.24, 2.45) is 0 Å². The molecule has 1 aliphatic heterocycles. The van der Waals surface area contributed by atoms with Crippen molar-refractivity contribution in [2.45, 2.75) is 24.6 Å². The number of rotatable bonds is 2. The first-order valence-corrected chi connectivity index (χ1v) is 4.21. The van der Waals surface area contributed by atoms with Crippen LogP contribution in [-0.2, 0) is 4.79 Å². The highest BCUT2D eigenvalue weighted by Gasteiger charge is 2.63. The molecule has 0 aromatic rings. The number of alkyl halides is 5. The van der Waals surface area contributed by atoms with Gasteiger partial charge in [0.1, 0.15) is 0 Å². The minimum absolute atomic E-state index is 0.208. The van der Waals surface area contributed by atoms with Gasteiger partial charge in [0.05, 0.1) is 0 Å². The molecule has 2 N–H and O–H groups in total. The molecule has 1 fully saturated rings. The number of carbonyl (C=O) groups excluding carboxylic acids is 1. The molecule has 1 heterocycles. The molecule has 0 radical (unpaired) electrons. The fourth-order valence-electron chi connectivity index (χ4n) is 1.18. The van der Waals surface area contributed by atoms with Gasteiger partial charge in [0, 0.05) is 12.6 Å². The second-order valence-electron chi connectivity index (χ2n) is 3.24. The second kappa shape index (κ2) is 3.92. The third-order valence-electron chi connectivity index (χ3n) is 2.04. The SMILES string of the molecule is O=C(NC1CCNC1)C(F)(F)C(F)(F)F. The van der Waals surface area contributed by atoms with Gasteiger partial charge >= 0.3 is 18.0 Å². The predicted molar refractivity (Wildman–Crippen MR) is 40.4 cm³/mol. The number of halogens is 5. The Hall–Kier alpha value is -0.920. The van der Waals surface area contributed by atoms with Crippen molar-refractivity contribution in [1.29, 1.82) is 0 Å². The van der Waals surface area contributed by atoms with Crippen LogP contribution in [0.25, 0.3) is 0 Å².